The van der Waals surface area contributed by atoms with Gasteiger partial charge in [0.1, 0.15) is 17.3 Å². The van der Waals surface area contributed by atoms with Crippen LogP contribution in [0.3, 0.4) is 0 Å². The number of furan rings is 1. The van der Waals surface area contributed by atoms with Crippen molar-refractivity contribution in [3.05, 3.63) is 65.0 Å². The van der Waals surface area contributed by atoms with Crippen molar-refractivity contribution in [2.75, 3.05) is 7.11 Å². The molecular formula is C17H13FN2O5. The fourth-order valence-electron chi connectivity index (χ4n) is 2.31. The number of rotatable bonds is 4. The van der Waals surface area contributed by atoms with Crippen molar-refractivity contribution in [3.8, 4) is 0 Å². The van der Waals surface area contributed by atoms with E-state index in [1.807, 2.05) is 0 Å². The van der Waals surface area contributed by atoms with Gasteiger partial charge in [0.15, 0.2) is 0 Å². The molecule has 1 aromatic heterocycles. The third-order valence-electron chi connectivity index (χ3n) is 3.48. The molecule has 1 N–H and O–H groups in total. The standard InChI is InChI=1S/C17H13FN2O5/c1-24-16(22)14-6-5-12(25-14)9-20-15(21)13(19-17(20)23)8-10-3-2-4-11(18)7-10/h2-8H,9H2,1H3,(H,19,23). The van der Waals surface area contributed by atoms with Gasteiger partial charge in [-0.1, -0.05) is 12.1 Å². The Hall–Kier alpha value is -3.42. The van der Waals surface area contributed by atoms with E-state index in [1.165, 1.54) is 43.5 Å². The van der Waals surface area contributed by atoms with Crippen LogP contribution in [0.25, 0.3) is 6.08 Å². The predicted octanol–water partition coefficient (Wildman–Crippen LogP) is 2.30. The van der Waals surface area contributed by atoms with E-state index in [1.54, 1.807) is 6.07 Å². The molecule has 1 saturated heterocycles. The molecule has 1 fully saturated rings. The SMILES string of the molecule is COC(=O)c1ccc(CN2C(=O)NC(=Cc3cccc(F)c3)C2=O)o1. The molecule has 0 saturated carbocycles. The summed E-state index contributed by atoms with van der Waals surface area (Å²) in [6, 6.07) is 7.85. The summed E-state index contributed by atoms with van der Waals surface area (Å²) in [7, 11) is 1.21. The number of hydrogen-bond donors (Lipinski definition) is 1. The van der Waals surface area contributed by atoms with E-state index in [9.17, 15) is 18.8 Å². The van der Waals surface area contributed by atoms with Crippen molar-refractivity contribution in [1.29, 1.82) is 0 Å². The van der Waals surface area contributed by atoms with Gasteiger partial charge in [-0.15, -0.1) is 0 Å². The van der Waals surface area contributed by atoms with Gasteiger partial charge in [-0.3, -0.25) is 9.69 Å². The highest BCUT2D eigenvalue weighted by Gasteiger charge is 2.34. The molecule has 1 aromatic carbocycles. The molecule has 8 heteroatoms. The van der Waals surface area contributed by atoms with Crippen LogP contribution in [0.5, 0.6) is 0 Å². The molecule has 3 amide bonds. The fraction of sp³-hybridized carbons (Fsp3) is 0.118. The molecule has 0 aliphatic carbocycles. The first-order chi connectivity index (χ1) is 12.0. The van der Waals surface area contributed by atoms with Crippen LogP contribution in [-0.2, 0) is 16.1 Å². The van der Waals surface area contributed by atoms with Gasteiger partial charge in [0.2, 0.25) is 5.76 Å². The number of benzene rings is 1. The quantitative estimate of drug-likeness (QED) is 0.522. The van der Waals surface area contributed by atoms with E-state index in [4.69, 9.17) is 4.42 Å². The minimum atomic E-state index is -0.657. The average Bonchev–Trinajstić information content (AvgIpc) is 3.15. The first-order valence-corrected chi connectivity index (χ1v) is 7.25. The van der Waals surface area contributed by atoms with Crippen molar-refractivity contribution in [1.82, 2.24) is 10.2 Å². The van der Waals surface area contributed by atoms with Gasteiger partial charge >= 0.3 is 12.0 Å². The van der Waals surface area contributed by atoms with Crippen LogP contribution < -0.4 is 5.32 Å². The second kappa shape index (κ2) is 6.60. The lowest BCUT2D eigenvalue weighted by atomic mass is 10.2. The zero-order valence-electron chi connectivity index (χ0n) is 13.1. The molecular weight excluding hydrogens is 331 g/mol. The monoisotopic (exact) mass is 344 g/mol. The van der Waals surface area contributed by atoms with E-state index < -0.39 is 23.7 Å². The number of hydrogen-bond acceptors (Lipinski definition) is 5. The Labute approximate surface area is 141 Å². The van der Waals surface area contributed by atoms with E-state index in [2.05, 4.69) is 10.1 Å². The number of carbonyl (C=O) groups excluding carboxylic acids is 3. The molecule has 7 nitrogen and oxygen atoms in total. The smallest absolute Gasteiger partial charge is 0.373 e. The van der Waals surface area contributed by atoms with Gasteiger partial charge in [0.25, 0.3) is 5.91 Å². The summed E-state index contributed by atoms with van der Waals surface area (Å²) in [5.41, 5.74) is 0.465. The summed E-state index contributed by atoms with van der Waals surface area (Å²) in [5.74, 6) is -1.47. The maximum Gasteiger partial charge on any atom is 0.373 e. The summed E-state index contributed by atoms with van der Waals surface area (Å²) in [6.45, 7) is -0.151. The molecule has 0 bridgehead atoms. The van der Waals surface area contributed by atoms with Crippen molar-refractivity contribution in [2.45, 2.75) is 6.54 Å². The van der Waals surface area contributed by atoms with Crippen molar-refractivity contribution < 1.29 is 27.9 Å². The second-order valence-electron chi connectivity index (χ2n) is 5.19. The Balaban J connectivity index is 1.77. The minimum Gasteiger partial charge on any atom is -0.463 e. The maximum atomic E-state index is 13.2. The highest BCUT2D eigenvalue weighted by molar-refractivity contribution is 6.13. The number of nitrogens with zero attached hydrogens (tertiary/aromatic N) is 1. The zero-order valence-corrected chi connectivity index (χ0v) is 13.1. The second-order valence-corrected chi connectivity index (χ2v) is 5.19. The molecule has 0 spiro atoms. The summed E-state index contributed by atoms with van der Waals surface area (Å²) in [6.07, 6.45) is 1.38. The third-order valence-corrected chi connectivity index (χ3v) is 3.48. The Morgan fingerprint density at radius 1 is 1.32 bits per heavy atom. The number of ether oxygens (including phenoxy) is 1. The van der Waals surface area contributed by atoms with Crippen molar-refractivity contribution in [3.63, 3.8) is 0 Å². The minimum absolute atomic E-state index is 0.0235. The summed E-state index contributed by atoms with van der Waals surface area (Å²) >= 11 is 0. The normalized spacial score (nSPS) is 15.6. The zero-order chi connectivity index (χ0) is 18.0. The Morgan fingerprint density at radius 3 is 2.84 bits per heavy atom. The van der Waals surface area contributed by atoms with Crippen LogP contribution in [0, 0.1) is 5.82 Å². The number of esters is 1. The van der Waals surface area contributed by atoms with Crippen LogP contribution >= 0.6 is 0 Å². The molecule has 2 aromatic rings. The lowest BCUT2D eigenvalue weighted by molar-refractivity contribution is -0.123. The van der Waals surface area contributed by atoms with E-state index >= 15 is 0 Å². The van der Waals surface area contributed by atoms with Gasteiger partial charge in [-0.25, -0.2) is 14.0 Å². The molecule has 0 radical (unpaired) electrons. The Morgan fingerprint density at radius 2 is 2.12 bits per heavy atom. The lowest BCUT2D eigenvalue weighted by Gasteiger charge is -2.09. The van der Waals surface area contributed by atoms with Crippen LogP contribution in [0.2, 0.25) is 0 Å². The van der Waals surface area contributed by atoms with Crippen LogP contribution in [0.1, 0.15) is 21.9 Å². The molecule has 0 atom stereocenters. The summed E-state index contributed by atoms with van der Waals surface area (Å²) in [5, 5.41) is 2.43. The van der Waals surface area contributed by atoms with Gasteiger partial charge in [0.05, 0.1) is 13.7 Å². The van der Waals surface area contributed by atoms with Crippen LogP contribution in [0.4, 0.5) is 9.18 Å². The number of amides is 3. The first kappa shape index (κ1) is 16.4. The third kappa shape index (κ3) is 3.42. The van der Waals surface area contributed by atoms with E-state index in [0.717, 1.165) is 4.90 Å². The predicted molar refractivity (Wildman–Crippen MR) is 83.5 cm³/mol. The molecule has 2 heterocycles. The Kier molecular flexibility index (Phi) is 4.34. The first-order valence-electron chi connectivity index (χ1n) is 7.25. The molecule has 128 valence electrons. The lowest BCUT2D eigenvalue weighted by Crippen LogP contribution is -2.30. The number of nitrogens with one attached hydrogen (secondary N) is 1. The summed E-state index contributed by atoms with van der Waals surface area (Å²) in [4.78, 5) is 36.6. The largest absolute Gasteiger partial charge is 0.463 e. The van der Waals surface area contributed by atoms with Crippen LogP contribution in [0.15, 0.2) is 46.5 Å². The van der Waals surface area contributed by atoms with Crippen molar-refractivity contribution >= 4 is 24.0 Å². The number of imide groups is 1. The number of halogens is 1. The highest BCUT2D eigenvalue weighted by Crippen LogP contribution is 2.19. The molecule has 1 aliphatic rings. The van der Waals surface area contributed by atoms with Gasteiger partial charge in [-0.2, -0.15) is 0 Å². The number of urea groups is 1. The number of carbonyl (C=O) groups is 3. The molecule has 0 unspecified atom stereocenters. The van der Waals surface area contributed by atoms with Gasteiger partial charge < -0.3 is 14.5 Å². The summed E-state index contributed by atoms with van der Waals surface area (Å²) < 4.78 is 23.0. The van der Waals surface area contributed by atoms with E-state index in [0.29, 0.717) is 5.56 Å². The average molecular weight is 344 g/mol. The molecule has 25 heavy (non-hydrogen) atoms. The Bertz CT molecular complexity index is 887. The number of methoxy groups -OCH3 is 1. The fourth-order valence-corrected chi connectivity index (χ4v) is 2.31. The highest BCUT2D eigenvalue weighted by atomic mass is 19.1. The van der Waals surface area contributed by atoms with Crippen molar-refractivity contribution in [2.24, 2.45) is 0 Å². The van der Waals surface area contributed by atoms with Crippen LogP contribution in [-0.4, -0.2) is 29.9 Å². The van der Waals surface area contributed by atoms with Gasteiger partial charge in [-0.05, 0) is 35.9 Å². The van der Waals surface area contributed by atoms with E-state index in [-0.39, 0.29) is 23.8 Å². The molecule has 3 rings (SSSR count). The molecule has 1 aliphatic heterocycles. The topological polar surface area (TPSA) is 88.9 Å². The van der Waals surface area contributed by atoms with Gasteiger partial charge in [0, 0.05) is 0 Å². The maximum absolute atomic E-state index is 13.2.